The normalized spacial score (nSPS) is 12.4. The molecule has 0 aliphatic rings. The average molecular weight is 261 g/mol. The third-order valence-corrected chi connectivity index (χ3v) is 2.95. The highest BCUT2D eigenvalue weighted by molar-refractivity contribution is 5.34. The molecule has 19 heavy (non-hydrogen) atoms. The van der Waals surface area contributed by atoms with E-state index in [-0.39, 0.29) is 6.04 Å². The van der Waals surface area contributed by atoms with Gasteiger partial charge in [0.1, 0.15) is 0 Å². The summed E-state index contributed by atoms with van der Waals surface area (Å²) in [7, 11) is 3.51. The Morgan fingerprint density at radius 1 is 1.47 bits per heavy atom. The van der Waals surface area contributed by atoms with Gasteiger partial charge in [-0.1, -0.05) is 18.2 Å². The molecule has 2 aromatic rings. The van der Waals surface area contributed by atoms with E-state index in [1.165, 1.54) is 0 Å². The maximum atomic E-state index is 5.34. The molecule has 1 atom stereocenters. The Morgan fingerprint density at radius 2 is 2.32 bits per heavy atom. The zero-order valence-electron chi connectivity index (χ0n) is 11.5. The molecule has 0 radical (unpaired) electrons. The van der Waals surface area contributed by atoms with Crippen LogP contribution in [0.1, 0.15) is 30.6 Å². The van der Waals surface area contributed by atoms with E-state index < -0.39 is 0 Å². The molecule has 0 amide bonds. The molecular weight excluding hydrogens is 242 g/mol. The van der Waals surface area contributed by atoms with Gasteiger partial charge in [-0.3, -0.25) is 4.68 Å². The van der Waals surface area contributed by atoms with Gasteiger partial charge < -0.3 is 10.1 Å². The average Bonchev–Trinajstić information content (AvgIpc) is 2.86. The summed E-state index contributed by atoms with van der Waals surface area (Å²) in [5, 5.41) is 11.4. The van der Waals surface area contributed by atoms with Crippen molar-refractivity contribution in [1.82, 2.24) is 25.3 Å². The maximum absolute atomic E-state index is 5.34. The van der Waals surface area contributed by atoms with Gasteiger partial charge in [-0.25, -0.2) is 4.98 Å². The van der Waals surface area contributed by atoms with Crippen LogP contribution in [-0.2, 0) is 7.05 Å². The summed E-state index contributed by atoms with van der Waals surface area (Å²) in [5.74, 6) is 0.623. The first-order valence-corrected chi connectivity index (χ1v) is 6.34. The van der Waals surface area contributed by atoms with Gasteiger partial charge in [0.25, 0.3) is 0 Å². The fourth-order valence-corrected chi connectivity index (χ4v) is 2.02. The summed E-state index contributed by atoms with van der Waals surface area (Å²) < 4.78 is 7.11. The molecule has 0 fully saturated rings. The predicted octanol–water partition coefficient (Wildman–Crippen LogP) is 1.31. The van der Waals surface area contributed by atoms with E-state index >= 15 is 0 Å². The van der Waals surface area contributed by atoms with Crippen LogP contribution in [0.3, 0.4) is 0 Å². The number of nitrogens with one attached hydrogen (secondary N) is 1. The molecule has 0 saturated carbocycles. The van der Waals surface area contributed by atoms with Gasteiger partial charge in [0.05, 0.1) is 25.0 Å². The van der Waals surface area contributed by atoms with Crippen LogP contribution in [0, 0.1) is 0 Å². The van der Waals surface area contributed by atoms with Gasteiger partial charge >= 0.3 is 0 Å². The van der Waals surface area contributed by atoms with Crippen LogP contribution in [0.25, 0.3) is 0 Å². The lowest BCUT2D eigenvalue weighted by Gasteiger charge is -2.20. The van der Waals surface area contributed by atoms with Gasteiger partial charge in [0.15, 0.2) is 0 Å². The topological polar surface area (TPSA) is 64.9 Å². The smallest absolute Gasteiger partial charge is 0.218 e. The molecule has 0 spiro atoms. The third-order valence-electron chi connectivity index (χ3n) is 2.95. The minimum Gasteiger partial charge on any atom is -0.481 e. The Balaban J connectivity index is 2.40. The molecule has 0 aliphatic heterocycles. The zero-order valence-corrected chi connectivity index (χ0v) is 11.5. The first-order valence-electron chi connectivity index (χ1n) is 6.34. The minimum atomic E-state index is -0.0244. The lowest BCUT2D eigenvalue weighted by molar-refractivity contribution is 0.385. The molecule has 2 rings (SSSR count). The SMILES string of the molecule is CCCNC(c1cccnc1OC)c1cnnn1C. The Bertz CT molecular complexity index is 525. The quantitative estimate of drug-likeness (QED) is 0.849. The minimum absolute atomic E-state index is 0.0244. The number of rotatable bonds is 6. The summed E-state index contributed by atoms with van der Waals surface area (Å²) in [6, 6.07) is 3.89. The van der Waals surface area contributed by atoms with Gasteiger partial charge in [0, 0.05) is 18.8 Å². The van der Waals surface area contributed by atoms with Crippen LogP contribution < -0.4 is 10.1 Å². The van der Waals surface area contributed by atoms with E-state index in [9.17, 15) is 0 Å². The summed E-state index contributed by atoms with van der Waals surface area (Å²) in [4.78, 5) is 4.25. The van der Waals surface area contributed by atoms with Crippen molar-refractivity contribution in [2.75, 3.05) is 13.7 Å². The number of hydrogen-bond donors (Lipinski definition) is 1. The van der Waals surface area contributed by atoms with Gasteiger partial charge in [-0.2, -0.15) is 0 Å². The summed E-state index contributed by atoms with van der Waals surface area (Å²) in [6.07, 6.45) is 4.53. The number of aromatic nitrogens is 4. The van der Waals surface area contributed by atoms with E-state index in [4.69, 9.17) is 4.74 Å². The number of ether oxygens (including phenoxy) is 1. The first kappa shape index (κ1) is 13.5. The lowest BCUT2D eigenvalue weighted by atomic mass is 10.1. The molecule has 102 valence electrons. The highest BCUT2D eigenvalue weighted by Crippen LogP contribution is 2.27. The number of aryl methyl sites for hydroxylation is 1. The Hall–Kier alpha value is -1.95. The number of nitrogens with zero attached hydrogens (tertiary/aromatic N) is 4. The van der Waals surface area contributed by atoms with Gasteiger partial charge in [0.2, 0.25) is 5.88 Å². The standard InChI is InChI=1S/C13H19N5O/c1-4-7-14-12(11-9-16-17-18(11)2)10-6-5-8-15-13(10)19-3/h5-6,8-9,12,14H,4,7H2,1-3H3. The van der Waals surface area contributed by atoms with Crippen LogP contribution in [0.15, 0.2) is 24.5 Å². The molecular formula is C13H19N5O. The Morgan fingerprint density at radius 3 is 2.95 bits per heavy atom. The molecule has 0 aromatic carbocycles. The van der Waals surface area contributed by atoms with E-state index in [0.29, 0.717) is 5.88 Å². The van der Waals surface area contributed by atoms with Crippen LogP contribution in [-0.4, -0.2) is 33.6 Å². The van der Waals surface area contributed by atoms with Crippen LogP contribution >= 0.6 is 0 Å². The fraction of sp³-hybridized carbons (Fsp3) is 0.462. The second-order valence-electron chi connectivity index (χ2n) is 4.27. The van der Waals surface area contributed by atoms with E-state index in [1.54, 1.807) is 24.2 Å². The molecule has 2 heterocycles. The van der Waals surface area contributed by atoms with Gasteiger partial charge in [-0.15, -0.1) is 5.10 Å². The second kappa shape index (κ2) is 6.29. The van der Waals surface area contributed by atoms with Crippen molar-refractivity contribution in [3.63, 3.8) is 0 Å². The third kappa shape index (κ3) is 2.90. The monoisotopic (exact) mass is 261 g/mol. The number of hydrogen-bond acceptors (Lipinski definition) is 5. The van der Waals surface area contributed by atoms with Crippen LogP contribution in [0.5, 0.6) is 5.88 Å². The summed E-state index contributed by atoms with van der Waals surface area (Å²) >= 11 is 0. The first-order chi connectivity index (χ1) is 9.27. The molecule has 0 bridgehead atoms. The number of methoxy groups -OCH3 is 1. The van der Waals surface area contributed by atoms with Crippen molar-refractivity contribution >= 4 is 0 Å². The summed E-state index contributed by atoms with van der Waals surface area (Å²) in [5.41, 5.74) is 1.98. The van der Waals surface area contributed by atoms with E-state index in [0.717, 1.165) is 24.2 Å². The van der Waals surface area contributed by atoms with Crippen molar-refractivity contribution in [3.8, 4) is 5.88 Å². The largest absolute Gasteiger partial charge is 0.481 e. The highest BCUT2D eigenvalue weighted by Gasteiger charge is 2.21. The van der Waals surface area contributed by atoms with Crippen molar-refractivity contribution in [3.05, 3.63) is 35.8 Å². The molecule has 2 aromatic heterocycles. The van der Waals surface area contributed by atoms with Gasteiger partial charge in [-0.05, 0) is 19.0 Å². The second-order valence-corrected chi connectivity index (χ2v) is 4.27. The Labute approximate surface area is 112 Å². The molecule has 0 aliphatic carbocycles. The van der Waals surface area contributed by atoms with Crippen LogP contribution in [0.4, 0.5) is 0 Å². The lowest BCUT2D eigenvalue weighted by Crippen LogP contribution is -2.26. The van der Waals surface area contributed by atoms with Crippen molar-refractivity contribution in [1.29, 1.82) is 0 Å². The van der Waals surface area contributed by atoms with Crippen molar-refractivity contribution in [2.24, 2.45) is 7.05 Å². The molecule has 6 heteroatoms. The molecule has 6 nitrogen and oxygen atoms in total. The predicted molar refractivity (Wildman–Crippen MR) is 71.9 cm³/mol. The van der Waals surface area contributed by atoms with Crippen molar-refractivity contribution < 1.29 is 4.74 Å². The van der Waals surface area contributed by atoms with E-state index in [2.05, 4.69) is 27.5 Å². The molecule has 0 saturated heterocycles. The number of pyridine rings is 1. The fourth-order valence-electron chi connectivity index (χ4n) is 2.02. The molecule has 1 unspecified atom stereocenters. The van der Waals surface area contributed by atoms with E-state index in [1.807, 2.05) is 19.2 Å². The zero-order chi connectivity index (χ0) is 13.7. The highest BCUT2D eigenvalue weighted by atomic mass is 16.5. The Kier molecular flexibility index (Phi) is 4.46. The summed E-state index contributed by atoms with van der Waals surface area (Å²) in [6.45, 7) is 3.03. The van der Waals surface area contributed by atoms with Crippen LogP contribution in [0.2, 0.25) is 0 Å². The van der Waals surface area contributed by atoms with Crippen molar-refractivity contribution in [2.45, 2.75) is 19.4 Å². The maximum Gasteiger partial charge on any atom is 0.218 e. The molecule has 1 N–H and O–H groups in total.